The quantitative estimate of drug-likeness (QED) is 0.583. The number of nitrogens with zero attached hydrogens (tertiary/aromatic N) is 1. The average Bonchev–Trinajstić information content (AvgIpc) is 2.66. The Morgan fingerprint density at radius 1 is 1.11 bits per heavy atom. The predicted molar refractivity (Wildman–Crippen MR) is 105 cm³/mol. The minimum absolute atomic E-state index is 0.0927. The van der Waals surface area contributed by atoms with Crippen LogP contribution >= 0.6 is 12.2 Å². The number of hydrogen-bond acceptors (Lipinski definition) is 4. The molecule has 0 aliphatic heterocycles. The van der Waals surface area contributed by atoms with Crippen molar-refractivity contribution in [2.75, 3.05) is 13.2 Å². The van der Waals surface area contributed by atoms with Crippen molar-refractivity contribution in [3.63, 3.8) is 0 Å². The molecule has 0 unspecified atom stereocenters. The zero-order valence-electron chi connectivity index (χ0n) is 15.0. The second-order valence-corrected chi connectivity index (χ2v) is 6.09. The molecule has 0 saturated carbocycles. The van der Waals surface area contributed by atoms with Gasteiger partial charge in [0.1, 0.15) is 5.82 Å². The molecule has 2 rings (SSSR count). The van der Waals surface area contributed by atoms with Crippen LogP contribution in [-0.2, 0) is 16.1 Å². The van der Waals surface area contributed by atoms with E-state index in [1.165, 1.54) is 18.2 Å². The number of thiocarbonyl (C=S) groups is 1. The van der Waals surface area contributed by atoms with Crippen LogP contribution in [0.2, 0.25) is 0 Å². The first-order valence-corrected chi connectivity index (χ1v) is 8.96. The van der Waals surface area contributed by atoms with Crippen molar-refractivity contribution < 1.29 is 18.7 Å². The van der Waals surface area contributed by atoms with Gasteiger partial charge < -0.3 is 9.64 Å². The zero-order chi connectivity index (χ0) is 19.6. The second-order valence-electron chi connectivity index (χ2n) is 5.70. The van der Waals surface area contributed by atoms with Crippen LogP contribution in [0.4, 0.5) is 4.39 Å². The third kappa shape index (κ3) is 6.45. The monoisotopic (exact) mass is 388 g/mol. The molecule has 0 fully saturated rings. The number of halogens is 1. The van der Waals surface area contributed by atoms with Crippen LogP contribution < -0.4 is 5.32 Å². The van der Waals surface area contributed by atoms with Crippen molar-refractivity contribution in [2.45, 2.75) is 19.9 Å². The van der Waals surface area contributed by atoms with Gasteiger partial charge in [0.2, 0.25) is 0 Å². The van der Waals surface area contributed by atoms with Crippen LogP contribution in [0.5, 0.6) is 0 Å². The Kier molecular flexibility index (Phi) is 7.88. The van der Waals surface area contributed by atoms with E-state index in [9.17, 15) is 14.0 Å². The van der Waals surface area contributed by atoms with Crippen molar-refractivity contribution in [3.05, 3.63) is 71.5 Å². The molecule has 0 aliphatic rings. The molecular formula is C20H21FN2O3S. The number of hydrogen-bond donors (Lipinski definition) is 1. The SMILES string of the molecule is CCOC(=O)CCN(Cc1ccccc1)C(=S)NC(=O)c1ccccc1F. The van der Waals surface area contributed by atoms with E-state index in [1.807, 2.05) is 30.3 Å². The molecule has 0 atom stereocenters. The molecule has 0 radical (unpaired) electrons. The third-order valence-electron chi connectivity index (χ3n) is 3.73. The van der Waals surface area contributed by atoms with Gasteiger partial charge in [0.05, 0.1) is 18.6 Å². The molecule has 0 saturated heterocycles. The van der Waals surface area contributed by atoms with Crippen molar-refractivity contribution in [2.24, 2.45) is 0 Å². The molecule has 1 amide bonds. The van der Waals surface area contributed by atoms with E-state index >= 15 is 0 Å². The van der Waals surface area contributed by atoms with E-state index in [1.54, 1.807) is 17.9 Å². The lowest BCUT2D eigenvalue weighted by Gasteiger charge is -2.25. The lowest BCUT2D eigenvalue weighted by atomic mass is 10.2. The van der Waals surface area contributed by atoms with E-state index in [2.05, 4.69) is 5.32 Å². The Hall–Kier alpha value is -2.80. The zero-order valence-corrected chi connectivity index (χ0v) is 15.8. The molecule has 2 aromatic rings. The fraction of sp³-hybridized carbons (Fsp3) is 0.250. The van der Waals surface area contributed by atoms with E-state index in [4.69, 9.17) is 17.0 Å². The van der Waals surface area contributed by atoms with Crippen molar-refractivity contribution in [3.8, 4) is 0 Å². The van der Waals surface area contributed by atoms with E-state index in [0.717, 1.165) is 5.56 Å². The lowest BCUT2D eigenvalue weighted by molar-refractivity contribution is -0.143. The summed E-state index contributed by atoms with van der Waals surface area (Å²) in [7, 11) is 0. The average molecular weight is 388 g/mol. The highest BCUT2D eigenvalue weighted by Gasteiger charge is 2.18. The molecule has 0 aliphatic carbocycles. The van der Waals surface area contributed by atoms with Crippen molar-refractivity contribution in [1.82, 2.24) is 10.2 Å². The molecule has 142 valence electrons. The summed E-state index contributed by atoms with van der Waals surface area (Å²) in [6.45, 7) is 2.70. The highest BCUT2D eigenvalue weighted by atomic mass is 32.1. The smallest absolute Gasteiger partial charge is 0.307 e. The van der Waals surface area contributed by atoms with Gasteiger partial charge in [-0.15, -0.1) is 0 Å². The molecule has 2 aromatic carbocycles. The fourth-order valence-corrected chi connectivity index (χ4v) is 2.65. The summed E-state index contributed by atoms with van der Waals surface area (Å²) in [5, 5.41) is 2.66. The van der Waals surface area contributed by atoms with Crippen LogP contribution in [0.25, 0.3) is 0 Å². The normalized spacial score (nSPS) is 10.1. The maximum atomic E-state index is 13.8. The summed E-state index contributed by atoms with van der Waals surface area (Å²) in [5.41, 5.74) is 0.869. The Bertz CT molecular complexity index is 799. The molecule has 1 N–H and O–H groups in total. The van der Waals surface area contributed by atoms with Crippen molar-refractivity contribution in [1.29, 1.82) is 0 Å². The van der Waals surface area contributed by atoms with Crippen LogP contribution in [0.15, 0.2) is 54.6 Å². The first-order chi connectivity index (χ1) is 13.0. The predicted octanol–water partition coefficient (Wildman–Crippen LogP) is 3.30. The number of amides is 1. The first kappa shape index (κ1) is 20.5. The van der Waals surface area contributed by atoms with Gasteiger partial charge in [-0.2, -0.15) is 0 Å². The maximum Gasteiger partial charge on any atom is 0.307 e. The Labute approximate surface area is 163 Å². The summed E-state index contributed by atoms with van der Waals surface area (Å²) < 4.78 is 18.7. The van der Waals surface area contributed by atoms with Gasteiger partial charge in [0, 0.05) is 13.1 Å². The number of carbonyl (C=O) groups excluding carboxylic acids is 2. The van der Waals surface area contributed by atoms with Gasteiger partial charge in [-0.3, -0.25) is 14.9 Å². The Balaban J connectivity index is 2.08. The van der Waals surface area contributed by atoms with Gasteiger partial charge >= 0.3 is 5.97 Å². The minimum Gasteiger partial charge on any atom is -0.466 e. The van der Waals surface area contributed by atoms with Gasteiger partial charge in [-0.25, -0.2) is 4.39 Å². The highest BCUT2D eigenvalue weighted by molar-refractivity contribution is 7.80. The fourth-order valence-electron chi connectivity index (χ4n) is 2.40. The lowest BCUT2D eigenvalue weighted by Crippen LogP contribution is -2.43. The van der Waals surface area contributed by atoms with E-state index in [0.29, 0.717) is 13.2 Å². The van der Waals surface area contributed by atoms with Gasteiger partial charge in [0.15, 0.2) is 5.11 Å². The number of ether oxygens (including phenoxy) is 1. The molecule has 0 aromatic heterocycles. The topological polar surface area (TPSA) is 58.6 Å². The van der Waals surface area contributed by atoms with Crippen LogP contribution in [0.1, 0.15) is 29.3 Å². The van der Waals surface area contributed by atoms with Crippen LogP contribution in [-0.4, -0.2) is 35.0 Å². The summed E-state index contributed by atoms with van der Waals surface area (Å²) in [5.74, 6) is -1.61. The standard InChI is InChI=1S/C20H21FN2O3S/c1-2-26-18(24)12-13-23(14-15-8-4-3-5-9-15)20(27)22-19(25)16-10-6-7-11-17(16)21/h3-11H,2,12-14H2,1H3,(H,22,25,27). The summed E-state index contributed by atoms with van der Waals surface area (Å²) in [6, 6.07) is 15.2. The molecule has 0 heterocycles. The Morgan fingerprint density at radius 2 is 1.78 bits per heavy atom. The number of benzene rings is 2. The first-order valence-electron chi connectivity index (χ1n) is 8.55. The molecule has 7 heteroatoms. The van der Waals surface area contributed by atoms with Gasteiger partial charge in [0.25, 0.3) is 5.91 Å². The van der Waals surface area contributed by atoms with E-state index < -0.39 is 11.7 Å². The second kappa shape index (κ2) is 10.4. The summed E-state index contributed by atoms with van der Waals surface area (Å²) in [6.07, 6.45) is 0.121. The maximum absolute atomic E-state index is 13.8. The third-order valence-corrected chi connectivity index (χ3v) is 4.09. The molecular weight excluding hydrogens is 367 g/mol. The van der Waals surface area contributed by atoms with Gasteiger partial charge in [-0.05, 0) is 36.8 Å². The number of rotatable bonds is 7. The van der Waals surface area contributed by atoms with Gasteiger partial charge in [-0.1, -0.05) is 42.5 Å². The molecule has 27 heavy (non-hydrogen) atoms. The molecule has 0 bridgehead atoms. The molecule has 0 spiro atoms. The largest absolute Gasteiger partial charge is 0.466 e. The van der Waals surface area contributed by atoms with Crippen LogP contribution in [0, 0.1) is 5.82 Å². The number of esters is 1. The van der Waals surface area contributed by atoms with E-state index in [-0.39, 0.29) is 29.6 Å². The van der Waals surface area contributed by atoms with Crippen LogP contribution in [0.3, 0.4) is 0 Å². The number of nitrogens with one attached hydrogen (secondary N) is 1. The number of carbonyl (C=O) groups is 2. The summed E-state index contributed by atoms with van der Waals surface area (Å²) >= 11 is 5.33. The Morgan fingerprint density at radius 3 is 2.44 bits per heavy atom. The minimum atomic E-state index is -0.632. The highest BCUT2D eigenvalue weighted by Crippen LogP contribution is 2.09. The summed E-state index contributed by atoms with van der Waals surface area (Å²) in [4.78, 5) is 25.7. The molecule has 5 nitrogen and oxygen atoms in total. The van der Waals surface area contributed by atoms with Crippen molar-refractivity contribution >= 4 is 29.2 Å².